The van der Waals surface area contributed by atoms with Crippen molar-refractivity contribution in [2.24, 2.45) is 0 Å². The topological polar surface area (TPSA) is 49.3 Å². The summed E-state index contributed by atoms with van der Waals surface area (Å²) >= 11 is 2.18. The van der Waals surface area contributed by atoms with Crippen molar-refractivity contribution in [2.45, 2.75) is 19.4 Å². The Morgan fingerprint density at radius 3 is 2.57 bits per heavy atom. The Kier molecular flexibility index (Phi) is 5.76. The van der Waals surface area contributed by atoms with E-state index in [4.69, 9.17) is 0 Å². The first-order chi connectivity index (χ1) is 10.1. The van der Waals surface area contributed by atoms with Gasteiger partial charge in [-0.1, -0.05) is 42.5 Å². The van der Waals surface area contributed by atoms with Crippen LogP contribution in [0.25, 0.3) is 0 Å². The molecule has 110 valence electrons. The lowest BCUT2D eigenvalue weighted by atomic mass is 10.1. The zero-order valence-corrected chi connectivity index (χ0v) is 14.0. The standard InChI is InChI=1S/C17H18INO2/c1-12-6-5-9-15(16(12)18)17(21)19-14(11-20)10-13-7-3-2-4-8-13/h2-9,14,20H,10-11H2,1H3,(H,19,21)/t14-/m0/s1. The predicted octanol–water partition coefficient (Wildman–Crippen LogP) is 2.93. The van der Waals surface area contributed by atoms with Crippen molar-refractivity contribution in [3.63, 3.8) is 0 Å². The zero-order chi connectivity index (χ0) is 15.2. The summed E-state index contributed by atoms with van der Waals surface area (Å²) in [6, 6.07) is 15.2. The fraction of sp³-hybridized carbons (Fsp3) is 0.235. The number of aliphatic hydroxyl groups excluding tert-OH is 1. The van der Waals surface area contributed by atoms with E-state index in [0.717, 1.165) is 14.7 Å². The van der Waals surface area contributed by atoms with E-state index in [1.807, 2.05) is 49.4 Å². The molecule has 0 aliphatic heterocycles. The number of aliphatic hydroxyl groups is 1. The van der Waals surface area contributed by atoms with Gasteiger partial charge in [-0.25, -0.2) is 0 Å². The van der Waals surface area contributed by atoms with Gasteiger partial charge in [0.15, 0.2) is 0 Å². The van der Waals surface area contributed by atoms with Gasteiger partial charge in [0.2, 0.25) is 0 Å². The third kappa shape index (κ3) is 4.28. The molecule has 4 heteroatoms. The molecule has 0 saturated carbocycles. The fourth-order valence-corrected chi connectivity index (χ4v) is 2.75. The van der Waals surface area contributed by atoms with Crippen molar-refractivity contribution in [1.82, 2.24) is 5.32 Å². The highest BCUT2D eigenvalue weighted by atomic mass is 127. The maximum atomic E-state index is 12.4. The molecule has 0 fully saturated rings. The SMILES string of the molecule is Cc1cccc(C(=O)N[C@H](CO)Cc2ccccc2)c1I. The lowest BCUT2D eigenvalue weighted by Gasteiger charge is -2.17. The Balaban J connectivity index is 2.08. The molecule has 0 unspecified atom stereocenters. The van der Waals surface area contributed by atoms with Crippen LogP contribution in [0.3, 0.4) is 0 Å². The highest BCUT2D eigenvalue weighted by Gasteiger charge is 2.16. The van der Waals surface area contributed by atoms with Crippen LogP contribution in [0.15, 0.2) is 48.5 Å². The van der Waals surface area contributed by atoms with Gasteiger partial charge >= 0.3 is 0 Å². The number of carbonyl (C=O) groups excluding carboxylic acids is 1. The van der Waals surface area contributed by atoms with Gasteiger partial charge in [-0.2, -0.15) is 0 Å². The number of halogens is 1. The van der Waals surface area contributed by atoms with Gasteiger partial charge in [0.1, 0.15) is 0 Å². The van der Waals surface area contributed by atoms with Crippen LogP contribution in [-0.4, -0.2) is 23.7 Å². The van der Waals surface area contributed by atoms with Crippen LogP contribution in [-0.2, 0) is 6.42 Å². The van der Waals surface area contributed by atoms with E-state index in [1.54, 1.807) is 6.07 Å². The monoisotopic (exact) mass is 395 g/mol. The molecule has 0 aliphatic rings. The Hall–Kier alpha value is -1.40. The van der Waals surface area contributed by atoms with Crippen LogP contribution < -0.4 is 5.32 Å². The Labute approximate surface area is 138 Å². The molecule has 0 spiro atoms. The molecule has 0 saturated heterocycles. The zero-order valence-electron chi connectivity index (χ0n) is 11.8. The number of amides is 1. The molecule has 0 aliphatic carbocycles. The Bertz CT molecular complexity index is 613. The Morgan fingerprint density at radius 1 is 1.19 bits per heavy atom. The van der Waals surface area contributed by atoms with Gasteiger partial charge in [0.25, 0.3) is 5.91 Å². The summed E-state index contributed by atoms with van der Waals surface area (Å²) in [6.07, 6.45) is 0.617. The molecule has 1 atom stereocenters. The van der Waals surface area contributed by atoms with Crippen LogP contribution in [0.1, 0.15) is 21.5 Å². The fourth-order valence-electron chi connectivity index (χ4n) is 2.15. The number of hydrogen-bond acceptors (Lipinski definition) is 2. The molecule has 0 bridgehead atoms. The first kappa shape index (κ1) is 16.0. The van der Waals surface area contributed by atoms with Gasteiger partial charge < -0.3 is 10.4 Å². The largest absolute Gasteiger partial charge is 0.394 e. The second-order valence-electron chi connectivity index (χ2n) is 4.98. The minimum absolute atomic E-state index is 0.0803. The van der Waals surface area contributed by atoms with Crippen molar-refractivity contribution >= 4 is 28.5 Å². The quantitative estimate of drug-likeness (QED) is 0.765. The predicted molar refractivity (Wildman–Crippen MR) is 92.4 cm³/mol. The number of carbonyl (C=O) groups is 1. The molecule has 3 nitrogen and oxygen atoms in total. The minimum Gasteiger partial charge on any atom is -0.394 e. The summed E-state index contributed by atoms with van der Waals surface area (Å²) in [5.41, 5.74) is 2.82. The van der Waals surface area contributed by atoms with E-state index < -0.39 is 0 Å². The van der Waals surface area contributed by atoms with E-state index in [-0.39, 0.29) is 18.6 Å². The highest BCUT2D eigenvalue weighted by molar-refractivity contribution is 14.1. The molecule has 2 rings (SSSR count). The molecule has 21 heavy (non-hydrogen) atoms. The lowest BCUT2D eigenvalue weighted by Crippen LogP contribution is -2.39. The molecule has 0 heterocycles. The van der Waals surface area contributed by atoms with E-state index >= 15 is 0 Å². The molecular weight excluding hydrogens is 377 g/mol. The van der Waals surface area contributed by atoms with Gasteiger partial charge in [-0.15, -0.1) is 0 Å². The average molecular weight is 395 g/mol. The molecule has 2 N–H and O–H groups in total. The van der Waals surface area contributed by atoms with Gasteiger partial charge in [0.05, 0.1) is 18.2 Å². The Morgan fingerprint density at radius 2 is 1.90 bits per heavy atom. The summed E-state index contributed by atoms with van der Waals surface area (Å²) in [6.45, 7) is 1.90. The van der Waals surface area contributed by atoms with E-state index in [0.29, 0.717) is 12.0 Å². The molecule has 0 radical (unpaired) electrons. The molecular formula is C17H18INO2. The third-order valence-electron chi connectivity index (χ3n) is 3.32. The van der Waals surface area contributed by atoms with Crippen LogP contribution in [0.2, 0.25) is 0 Å². The van der Waals surface area contributed by atoms with E-state index in [2.05, 4.69) is 27.9 Å². The summed E-state index contributed by atoms with van der Waals surface area (Å²) < 4.78 is 0.948. The second-order valence-corrected chi connectivity index (χ2v) is 6.06. The summed E-state index contributed by atoms with van der Waals surface area (Å²) in [4.78, 5) is 12.4. The van der Waals surface area contributed by atoms with Crippen molar-refractivity contribution in [2.75, 3.05) is 6.61 Å². The van der Waals surface area contributed by atoms with Crippen LogP contribution in [0.5, 0.6) is 0 Å². The number of nitrogens with one attached hydrogen (secondary N) is 1. The van der Waals surface area contributed by atoms with Crippen molar-refractivity contribution in [3.05, 3.63) is 68.8 Å². The maximum Gasteiger partial charge on any atom is 0.252 e. The van der Waals surface area contributed by atoms with Crippen molar-refractivity contribution in [3.8, 4) is 0 Å². The molecule has 0 aromatic heterocycles. The number of rotatable bonds is 5. The van der Waals surface area contributed by atoms with Crippen LogP contribution in [0.4, 0.5) is 0 Å². The molecule has 2 aromatic rings. The second kappa shape index (κ2) is 7.56. The average Bonchev–Trinajstić information content (AvgIpc) is 2.50. The van der Waals surface area contributed by atoms with Gasteiger partial charge in [-0.3, -0.25) is 4.79 Å². The first-order valence-corrected chi connectivity index (χ1v) is 7.90. The van der Waals surface area contributed by atoms with Crippen LogP contribution >= 0.6 is 22.6 Å². The molecule has 1 amide bonds. The first-order valence-electron chi connectivity index (χ1n) is 6.82. The number of benzene rings is 2. The summed E-state index contributed by atoms with van der Waals surface area (Å²) in [5, 5.41) is 12.4. The van der Waals surface area contributed by atoms with Crippen LogP contribution in [0, 0.1) is 10.5 Å². The summed E-state index contributed by atoms with van der Waals surface area (Å²) in [5.74, 6) is -0.141. The number of hydrogen-bond donors (Lipinski definition) is 2. The van der Waals surface area contributed by atoms with Gasteiger partial charge in [-0.05, 0) is 53.1 Å². The van der Waals surface area contributed by atoms with Crippen molar-refractivity contribution < 1.29 is 9.90 Å². The lowest BCUT2D eigenvalue weighted by molar-refractivity contribution is 0.0915. The van der Waals surface area contributed by atoms with Gasteiger partial charge in [0, 0.05) is 3.57 Å². The minimum atomic E-state index is -0.281. The normalized spacial score (nSPS) is 12.0. The van der Waals surface area contributed by atoms with E-state index in [1.165, 1.54) is 0 Å². The maximum absolute atomic E-state index is 12.4. The van der Waals surface area contributed by atoms with Crippen molar-refractivity contribution in [1.29, 1.82) is 0 Å². The van der Waals surface area contributed by atoms with E-state index in [9.17, 15) is 9.90 Å². The molecule has 2 aromatic carbocycles. The highest BCUT2D eigenvalue weighted by Crippen LogP contribution is 2.16. The third-order valence-corrected chi connectivity index (χ3v) is 4.75. The number of aryl methyl sites for hydroxylation is 1. The smallest absolute Gasteiger partial charge is 0.252 e. The summed E-state index contributed by atoms with van der Waals surface area (Å²) in [7, 11) is 0.